The minimum absolute atomic E-state index is 0.626. The monoisotopic (exact) mass is 233 g/mol. The van der Waals surface area contributed by atoms with Gasteiger partial charge in [0.05, 0.1) is 0 Å². The molecule has 0 aromatic carbocycles. The molecule has 1 aliphatic rings. The molecule has 0 aromatic rings. The van der Waals surface area contributed by atoms with Crippen molar-refractivity contribution in [2.75, 3.05) is 0 Å². The first-order valence-corrected chi connectivity index (χ1v) is 7.04. The molecule has 1 rings (SSSR count). The minimum Gasteiger partial charge on any atom is -0.262 e. The van der Waals surface area contributed by atoms with E-state index in [0.717, 1.165) is 6.42 Å². The largest absolute Gasteiger partial charge is 0.262 e. The second kappa shape index (κ2) is 7.47. The van der Waals surface area contributed by atoms with Gasteiger partial charge in [0.25, 0.3) is 0 Å². The lowest BCUT2D eigenvalue weighted by Gasteiger charge is -2.16. The van der Waals surface area contributed by atoms with Crippen molar-refractivity contribution in [3.63, 3.8) is 0 Å². The molecule has 0 aromatic heterocycles. The van der Waals surface area contributed by atoms with Crippen LogP contribution in [0.2, 0.25) is 0 Å². The Morgan fingerprint density at radius 1 is 1.12 bits per heavy atom. The fourth-order valence-corrected chi connectivity index (χ4v) is 2.45. The van der Waals surface area contributed by atoms with E-state index in [1.807, 2.05) is 0 Å². The summed E-state index contributed by atoms with van der Waals surface area (Å²) >= 11 is 0. The van der Waals surface area contributed by atoms with Crippen molar-refractivity contribution in [3.8, 4) is 0 Å². The van der Waals surface area contributed by atoms with Gasteiger partial charge >= 0.3 is 0 Å². The summed E-state index contributed by atoms with van der Waals surface area (Å²) in [7, 11) is 0. The lowest BCUT2D eigenvalue weighted by Crippen LogP contribution is -2.08. The van der Waals surface area contributed by atoms with Gasteiger partial charge < -0.3 is 0 Å². The van der Waals surface area contributed by atoms with E-state index in [0.29, 0.717) is 5.92 Å². The van der Waals surface area contributed by atoms with Crippen LogP contribution < -0.4 is 0 Å². The lowest BCUT2D eigenvalue weighted by atomic mass is 9.91. The first kappa shape index (κ1) is 14.2. The van der Waals surface area contributed by atoms with Crippen LogP contribution in [0.3, 0.4) is 0 Å². The van der Waals surface area contributed by atoms with Crippen LogP contribution in [-0.4, -0.2) is 5.71 Å². The van der Waals surface area contributed by atoms with Crippen molar-refractivity contribution < 1.29 is 0 Å². The molecule has 1 fully saturated rings. The Kier molecular flexibility index (Phi) is 6.25. The summed E-state index contributed by atoms with van der Waals surface area (Å²) in [6, 6.07) is 0. The van der Waals surface area contributed by atoms with E-state index in [4.69, 9.17) is 0 Å². The number of aliphatic imine (C=N–C) groups is 1. The number of hydrogen-bond acceptors (Lipinski definition) is 1. The third-order valence-corrected chi connectivity index (χ3v) is 3.78. The quantitative estimate of drug-likeness (QED) is 0.614. The molecule has 0 spiro atoms. The van der Waals surface area contributed by atoms with Crippen LogP contribution in [0.5, 0.6) is 0 Å². The summed E-state index contributed by atoms with van der Waals surface area (Å²) in [5, 5.41) is 0. The van der Waals surface area contributed by atoms with Gasteiger partial charge in [0.15, 0.2) is 0 Å². The normalized spacial score (nSPS) is 24.1. The Labute approximate surface area is 107 Å². The molecule has 0 bridgehead atoms. The average molecular weight is 233 g/mol. The molecular weight excluding hydrogens is 206 g/mol. The summed E-state index contributed by atoms with van der Waals surface area (Å²) in [5.74, 6) is 0.626. The summed E-state index contributed by atoms with van der Waals surface area (Å²) in [6.45, 7) is 10.6. The predicted molar refractivity (Wildman–Crippen MR) is 77.5 cm³/mol. The molecule has 1 nitrogen and oxygen atoms in total. The van der Waals surface area contributed by atoms with Crippen molar-refractivity contribution in [3.05, 3.63) is 23.9 Å². The van der Waals surface area contributed by atoms with E-state index in [9.17, 15) is 0 Å². The molecule has 1 heteroatoms. The fourth-order valence-electron chi connectivity index (χ4n) is 2.45. The van der Waals surface area contributed by atoms with Crippen LogP contribution in [0, 0.1) is 5.92 Å². The van der Waals surface area contributed by atoms with Gasteiger partial charge in [-0.15, -0.1) is 0 Å². The van der Waals surface area contributed by atoms with E-state index >= 15 is 0 Å². The molecule has 0 amide bonds. The second-order valence-corrected chi connectivity index (χ2v) is 5.34. The highest BCUT2D eigenvalue weighted by Gasteiger charge is 2.14. The van der Waals surface area contributed by atoms with Gasteiger partial charge in [0.1, 0.15) is 0 Å². The maximum absolute atomic E-state index is 4.53. The lowest BCUT2D eigenvalue weighted by molar-refractivity contribution is 0.633. The van der Waals surface area contributed by atoms with Gasteiger partial charge in [-0.3, -0.25) is 4.99 Å². The summed E-state index contributed by atoms with van der Waals surface area (Å²) in [6.07, 6.45) is 10.7. The highest BCUT2D eigenvalue weighted by atomic mass is 14.7. The van der Waals surface area contributed by atoms with E-state index < -0.39 is 0 Å². The average Bonchev–Trinajstić information content (AvgIpc) is 2.41. The number of nitrogens with zero attached hydrogens (tertiary/aromatic N) is 1. The Morgan fingerprint density at radius 2 is 1.71 bits per heavy atom. The highest BCUT2D eigenvalue weighted by Crippen LogP contribution is 2.25. The molecule has 96 valence electrons. The predicted octanol–water partition coefficient (Wildman–Crippen LogP) is 5.29. The van der Waals surface area contributed by atoms with E-state index in [2.05, 4.69) is 32.3 Å². The number of allylic oxidation sites excluding steroid dienone is 2. The van der Waals surface area contributed by atoms with Crippen molar-refractivity contribution in [2.24, 2.45) is 10.9 Å². The standard InChI is InChI=1S/C16H27N/c1-5-17-16-12-10-8-6-7-9-11-15(16)14(4)13(2)3/h5,13H,1,6-12H2,2-4H3/b15-14+,17-16-. The maximum atomic E-state index is 4.53. The second-order valence-electron chi connectivity index (χ2n) is 5.34. The molecule has 17 heavy (non-hydrogen) atoms. The zero-order valence-corrected chi connectivity index (χ0v) is 11.8. The molecule has 0 unspecified atom stereocenters. The van der Waals surface area contributed by atoms with Crippen LogP contribution in [-0.2, 0) is 0 Å². The maximum Gasteiger partial charge on any atom is 0.0434 e. The summed E-state index contributed by atoms with van der Waals surface area (Å²) in [4.78, 5) is 4.53. The van der Waals surface area contributed by atoms with E-state index in [-0.39, 0.29) is 0 Å². The van der Waals surface area contributed by atoms with Gasteiger partial charge in [0.2, 0.25) is 0 Å². The van der Waals surface area contributed by atoms with E-state index in [1.165, 1.54) is 55.4 Å². The summed E-state index contributed by atoms with van der Waals surface area (Å²) < 4.78 is 0. The van der Waals surface area contributed by atoms with Crippen LogP contribution in [0.4, 0.5) is 0 Å². The Balaban J connectivity index is 3.01. The molecule has 0 radical (unpaired) electrons. The Bertz CT molecular complexity index is 307. The van der Waals surface area contributed by atoms with Crippen LogP contribution in [0.25, 0.3) is 0 Å². The van der Waals surface area contributed by atoms with E-state index in [1.54, 1.807) is 6.20 Å². The molecular formula is C16H27N. The minimum atomic E-state index is 0.626. The molecule has 1 saturated carbocycles. The Morgan fingerprint density at radius 3 is 2.29 bits per heavy atom. The highest BCUT2D eigenvalue weighted by molar-refractivity contribution is 6.01. The topological polar surface area (TPSA) is 12.4 Å². The van der Waals surface area contributed by atoms with Crippen molar-refractivity contribution in [1.29, 1.82) is 0 Å². The first-order valence-electron chi connectivity index (χ1n) is 7.04. The van der Waals surface area contributed by atoms with Crippen LogP contribution in [0.1, 0.15) is 65.7 Å². The van der Waals surface area contributed by atoms with Crippen molar-refractivity contribution >= 4 is 5.71 Å². The van der Waals surface area contributed by atoms with Crippen molar-refractivity contribution in [1.82, 2.24) is 0 Å². The zero-order valence-electron chi connectivity index (χ0n) is 11.8. The van der Waals surface area contributed by atoms with Gasteiger partial charge in [-0.05, 0) is 44.1 Å². The smallest absolute Gasteiger partial charge is 0.0434 e. The van der Waals surface area contributed by atoms with Gasteiger partial charge in [-0.1, -0.05) is 45.3 Å². The fraction of sp³-hybridized carbons (Fsp3) is 0.688. The zero-order chi connectivity index (χ0) is 12.7. The molecule has 1 aliphatic carbocycles. The SMILES string of the molecule is C=C/N=C1/CCCCCCC/C1=C(/C)C(C)C. The molecule has 0 aliphatic heterocycles. The third-order valence-electron chi connectivity index (χ3n) is 3.78. The molecule has 0 heterocycles. The van der Waals surface area contributed by atoms with Crippen LogP contribution >= 0.6 is 0 Å². The number of hydrogen-bond donors (Lipinski definition) is 0. The molecule has 0 N–H and O–H groups in total. The van der Waals surface area contributed by atoms with Crippen molar-refractivity contribution in [2.45, 2.75) is 65.7 Å². The van der Waals surface area contributed by atoms with Gasteiger partial charge in [0, 0.05) is 11.9 Å². The van der Waals surface area contributed by atoms with Gasteiger partial charge in [-0.2, -0.15) is 0 Å². The first-order chi connectivity index (χ1) is 8.16. The Hall–Kier alpha value is -0.850. The van der Waals surface area contributed by atoms with Gasteiger partial charge in [-0.25, -0.2) is 0 Å². The molecule has 0 atom stereocenters. The third kappa shape index (κ3) is 4.49. The number of rotatable bonds is 2. The summed E-state index contributed by atoms with van der Waals surface area (Å²) in [5.41, 5.74) is 4.34. The van der Waals surface area contributed by atoms with Crippen LogP contribution in [0.15, 0.2) is 28.9 Å². The molecule has 0 saturated heterocycles.